The largest absolute Gasteiger partial charge is 0.355 e. The number of anilines is 2. The van der Waals surface area contributed by atoms with E-state index in [1.807, 2.05) is 0 Å². The molecule has 1 aliphatic heterocycles. The number of rotatable bonds is 8. The van der Waals surface area contributed by atoms with Gasteiger partial charge in [0.1, 0.15) is 28.4 Å². The van der Waals surface area contributed by atoms with E-state index in [9.17, 15) is 19.2 Å². The summed E-state index contributed by atoms with van der Waals surface area (Å²) in [4.78, 5) is 71.0. The number of aryl methyl sites for hydroxylation is 1. The quantitative estimate of drug-likeness (QED) is 0.344. The molecule has 0 spiro atoms. The fourth-order valence-electron chi connectivity index (χ4n) is 5.00. The molecule has 1 saturated heterocycles. The number of imidazole rings is 1. The third-order valence-electron chi connectivity index (χ3n) is 7.50. The zero-order valence-corrected chi connectivity index (χ0v) is 22.5. The zero-order chi connectivity index (χ0) is 27.4. The highest BCUT2D eigenvalue weighted by molar-refractivity contribution is 7.13. The standard InChI is InChI=1S/C25H27N9O4S/c1-4-16(35)10-33-24(37)20-21(31(3)25(33)38)28-12-34(20)13(2)22(36)29-18-11-39-23(30-18)17-6-27-19(7-26-17)32-8-14-5-15(14)9-32/h6-7,11-15H,4-5,8-10H2,1-3H3,(H,29,36)/t13-,14?,15?/m0/s1. The van der Waals surface area contributed by atoms with E-state index >= 15 is 0 Å². The van der Waals surface area contributed by atoms with Gasteiger partial charge in [0, 0.05) is 31.9 Å². The highest BCUT2D eigenvalue weighted by atomic mass is 32.1. The van der Waals surface area contributed by atoms with Crippen molar-refractivity contribution in [3.63, 3.8) is 0 Å². The summed E-state index contributed by atoms with van der Waals surface area (Å²) in [6, 6.07) is -0.855. The van der Waals surface area contributed by atoms with E-state index in [0.29, 0.717) is 16.5 Å². The fraction of sp³-hybridized carbons (Fsp3) is 0.440. The molecule has 1 saturated carbocycles. The number of piperidine rings is 1. The number of Topliss-reactive ketones (excluding diaryl/α,β-unsaturated/α-hetero) is 1. The van der Waals surface area contributed by atoms with Crippen LogP contribution in [0.15, 0.2) is 33.7 Å². The van der Waals surface area contributed by atoms with E-state index in [2.05, 4.69) is 30.2 Å². The lowest BCUT2D eigenvalue weighted by atomic mass is 10.3. The maximum Gasteiger partial charge on any atom is 0.332 e. The van der Waals surface area contributed by atoms with Gasteiger partial charge in [-0.05, 0) is 25.2 Å². The number of ketones is 1. The van der Waals surface area contributed by atoms with E-state index in [4.69, 9.17) is 0 Å². The number of hydrogen-bond donors (Lipinski definition) is 1. The van der Waals surface area contributed by atoms with Gasteiger partial charge >= 0.3 is 5.69 Å². The van der Waals surface area contributed by atoms with Crippen LogP contribution in [0.3, 0.4) is 0 Å². The lowest BCUT2D eigenvalue weighted by Gasteiger charge is -2.18. The Labute approximate surface area is 226 Å². The predicted molar refractivity (Wildman–Crippen MR) is 145 cm³/mol. The summed E-state index contributed by atoms with van der Waals surface area (Å²) >= 11 is 1.33. The predicted octanol–water partition coefficient (Wildman–Crippen LogP) is 1.45. The minimum atomic E-state index is -0.855. The van der Waals surface area contributed by atoms with E-state index in [1.54, 1.807) is 31.6 Å². The van der Waals surface area contributed by atoms with Gasteiger partial charge in [0.15, 0.2) is 16.9 Å². The molecule has 0 aromatic carbocycles. The number of fused-ring (bicyclic) bond motifs is 2. The first-order valence-electron chi connectivity index (χ1n) is 12.8. The van der Waals surface area contributed by atoms with E-state index in [1.165, 1.54) is 40.3 Å². The summed E-state index contributed by atoms with van der Waals surface area (Å²) in [5.41, 5.74) is -0.497. The normalized spacial score (nSPS) is 18.8. The average molecular weight is 550 g/mol. The highest BCUT2D eigenvalue weighted by Crippen LogP contribution is 2.45. The minimum absolute atomic E-state index is 0.0632. The van der Waals surface area contributed by atoms with Crippen LogP contribution in [0.4, 0.5) is 11.6 Å². The molecular weight excluding hydrogens is 522 g/mol. The molecule has 39 heavy (non-hydrogen) atoms. The SMILES string of the molecule is CCC(=O)Cn1c(=O)c2c(ncn2[C@@H](C)C(=O)Nc2csc(-c3cnc(N4CC5CC5C4)cn3)n2)n(C)c1=O. The molecular formula is C25H27N9O4S. The van der Waals surface area contributed by atoms with Crippen molar-refractivity contribution in [1.29, 1.82) is 0 Å². The number of amides is 1. The van der Waals surface area contributed by atoms with Gasteiger partial charge in [0.25, 0.3) is 5.56 Å². The number of hydrogen-bond acceptors (Lipinski definition) is 10. The Morgan fingerprint density at radius 3 is 2.62 bits per heavy atom. The number of aromatic nitrogens is 7. The van der Waals surface area contributed by atoms with Gasteiger partial charge in [0.2, 0.25) is 5.91 Å². The molecule has 3 atom stereocenters. The van der Waals surface area contributed by atoms with Crippen LogP contribution in [0.1, 0.15) is 32.7 Å². The number of nitrogens with one attached hydrogen (secondary N) is 1. The second-order valence-electron chi connectivity index (χ2n) is 10.1. The lowest BCUT2D eigenvalue weighted by Crippen LogP contribution is -2.41. The molecule has 1 aliphatic carbocycles. The van der Waals surface area contributed by atoms with Crippen LogP contribution in [0, 0.1) is 11.8 Å². The molecule has 2 unspecified atom stereocenters. The molecule has 4 aromatic rings. The number of carbonyl (C=O) groups excluding carboxylic acids is 2. The second kappa shape index (κ2) is 9.52. The molecule has 14 heteroatoms. The first kappa shape index (κ1) is 25.1. The minimum Gasteiger partial charge on any atom is -0.355 e. The lowest BCUT2D eigenvalue weighted by molar-refractivity contribution is -0.120. The first-order chi connectivity index (χ1) is 18.7. The van der Waals surface area contributed by atoms with Crippen molar-refractivity contribution in [2.24, 2.45) is 18.9 Å². The summed E-state index contributed by atoms with van der Waals surface area (Å²) in [5.74, 6) is 2.14. The van der Waals surface area contributed by atoms with Crippen LogP contribution in [0.2, 0.25) is 0 Å². The molecule has 202 valence electrons. The molecule has 1 amide bonds. The molecule has 6 rings (SSSR count). The maximum absolute atomic E-state index is 13.2. The Hall–Kier alpha value is -4.20. The van der Waals surface area contributed by atoms with Crippen LogP contribution in [0.5, 0.6) is 0 Å². The smallest absolute Gasteiger partial charge is 0.332 e. The van der Waals surface area contributed by atoms with Crippen LogP contribution >= 0.6 is 11.3 Å². The fourth-order valence-corrected chi connectivity index (χ4v) is 5.71. The van der Waals surface area contributed by atoms with E-state index in [-0.39, 0.29) is 29.9 Å². The first-order valence-corrected chi connectivity index (χ1v) is 13.6. The van der Waals surface area contributed by atoms with Crippen LogP contribution < -0.4 is 21.5 Å². The van der Waals surface area contributed by atoms with Crippen molar-refractivity contribution in [2.75, 3.05) is 23.3 Å². The van der Waals surface area contributed by atoms with Crippen LogP contribution in [-0.2, 0) is 23.2 Å². The monoisotopic (exact) mass is 549 g/mol. The number of nitrogens with zero attached hydrogens (tertiary/aromatic N) is 8. The van der Waals surface area contributed by atoms with Gasteiger partial charge in [-0.3, -0.25) is 23.5 Å². The Morgan fingerprint density at radius 1 is 1.15 bits per heavy atom. The molecule has 1 N–H and O–H groups in total. The van der Waals surface area contributed by atoms with Crippen molar-refractivity contribution >= 4 is 45.8 Å². The summed E-state index contributed by atoms with van der Waals surface area (Å²) in [6.07, 6.45) is 6.32. The maximum atomic E-state index is 13.2. The summed E-state index contributed by atoms with van der Waals surface area (Å²) in [5, 5.41) is 5.11. The van der Waals surface area contributed by atoms with Gasteiger partial charge in [-0.15, -0.1) is 11.3 Å². The zero-order valence-electron chi connectivity index (χ0n) is 21.7. The second-order valence-corrected chi connectivity index (χ2v) is 10.9. The van der Waals surface area contributed by atoms with Gasteiger partial charge in [-0.2, -0.15) is 0 Å². The van der Waals surface area contributed by atoms with Crippen LogP contribution in [-0.4, -0.2) is 58.4 Å². The molecule has 0 bridgehead atoms. The Morgan fingerprint density at radius 2 is 1.92 bits per heavy atom. The summed E-state index contributed by atoms with van der Waals surface area (Å²) < 4.78 is 3.48. The molecule has 13 nitrogen and oxygen atoms in total. The van der Waals surface area contributed by atoms with Gasteiger partial charge in [-0.1, -0.05) is 6.92 Å². The summed E-state index contributed by atoms with van der Waals surface area (Å²) in [6.45, 7) is 5.01. The molecule has 4 aromatic heterocycles. The Kier molecular flexibility index (Phi) is 6.13. The Bertz CT molecular complexity index is 1710. The van der Waals surface area contributed by atoms with Crippen molar-refractivity contribution in [1.82, 2.24) is 33.6 Å². The van der Waals surface area contributed by atoms with Crippen molar-refractivity contribution in [3.8, 4) is 10.7 Å². The topological polar surface area (TPSA) is 150 Å². The number of carbonyl (C=O) groups is 2. The third-order valence-corrected chi connectivity index (χ3v) is 8.36. The molecule has 2 fully saturated rings. The van der Waals surface area contributed by atoms with E-state index in [0.717, 1.165) is 35.3 Å². The molecule has 0 radical (unpaired) electrons. The van der Waals surface area contributed by atoms with Crippen LogP contribution in [0.25, 0.3) is 21.9 Å². The van der Waals surface area contributed by atoms with Crippen molar-refractivity contribution in [2.45, 2.75) is 39.3 Å². The number of thiazole rings is 1. The Balaban J connectivity index is 1.20. The van der Waals surface area contributed by atoms with Crippen molar-refractivity contribution < 1.29 is 9.59 Å². The average Bonchev–Trinajstić information content (AvgIpc) is 3.32. The molecule has 5 heterocycles. The molecule has 2 aliphatic rings. The van der Waals surface area contributed by atoms with Gasteiger partial charge in [-0.25, -0.2) is 24.7 Å². The summed E-state index contributed by atoms with van der Waals surface area (Å²) in [7, 11) is 1.47. The van der Waals surface area contributed by atoms with E-state index < -0.39 is 23.2 Å². The third kappa shape index (κ3) is 4.43. The van der Waals surface area contributed by atoms with Gasteiger partial charge in [0.05, 0.1) is 25.3 Å². The van der Waals surface area contributed by atoms with Gasteiger partial charge < -0.3 is 14.8 Å². The highest BCUT2D eigenvalue weighted by Gasteiger charge is 2.45. The van der Waals surface area contributed by atoms with Crippen molar-refractivity contribution in [3.05, 3.63) is 44.9 Å².